The highest BCUT2D eigenvalue weighted by Crippen LogP contribution is 1.96. The molecule has 2 aromatic rings. The second kappa shape index (κ2) is 2.86. The molecule has 2 N–H and O–H groups in total. The molecule has 0 saturated heterocycles. The topological polar surface area (TPSA) is 69.1 Å². The van der Waals surface area contributed by atoms with E-state index in [4.69, 9.17) is 5.73 Å². The van der Waals surface area contributed by atoms with E-state index >= 15 is 0 Å². The molecule has 0 fully saturated rings. The Balaban J connectivity index is 2.47. The predicted octanol–water partition coefficient (Wildman–Crippen LogP) is -0.375. The van der Waals surface area contributed by atoms with Crippen molar-refractivity contribution in [3.8, 4) is 0 Å². The molecule has 5 nitrogen and oxygen atoms in total. The van der Waals surface area contributed by atoms with Crippen molar-refractivity contribution in [1.29, 1.82) is 0 Å². The molecular weight excluding hydrogens is 154 g/mol. The van der Waals surface area contributed by atoms with Gasteiger partial charge in [-0.2, -0.15) is 4.98 Å². The molecule has 2 rings (SSSR count). The molecule has 0 unspecified atom stereocenters. The normalized spacial score (nSPS) is 10.8. The number of rotatable bonds is 2. The first-order valence-corrected chi connectivity index (χ1v) is 3.76. The summed E-state index contributed by atoms with van der Waals surface area (Å²) in [6.45, 7) is 0.566. The van der Waals surface area contributed by atoms with Crippen molar-refractivity contribution in [1.82, 2.24) is 19.6 Å². The van der Waals surface area contributed by atoms with Gasteiger partial charge in [0.2, 0.25) is 0 Å². The lowest BCUT2D eigenvalue weighted by atomic mass is 10.4. The van der Waals surface area contributed by atoms with Crippen molar-refractivity contribution in [3.63, 3.8) is 0 Å². The lowest BCUT2D eigenvalue weighted by molar-refractivity contribution is 0.842. The molecule has 0 amide bonds. The Morgan fingerprint density at radius 1 is 1.50 bits per heavy atom. The van der Waals surface area contributed by atoms with E-state index in [2.05, 4.69) is 15.1 Å². The van der Waals surface area contributed by atoms with Gasteiger partial charge in [0.05, 0.1) is 0 Å². The van der Waals surface area contributed by atoms with Crippen LogP contribution >= 0.6 is 0 Å². The summed E-state index contributed by atoms with van der Waals surface area (Å²) in [6, 6.07) is 1.81. The van der Waals surface area contributed by atoms with Gasteiger partial charge < -0.3 is 5.73 Å². The van der Waals surface area contributed by atoms with Gasteiger partial charge in [-0.15, -0.1) is 5.10 Å². The third-order valence-electron chi connectivity index (χ3n) is 1.53. The molecule has 0 aromatic carbocycles. The maximum atomic E-state index is 5.37. The summed E-state index contributed by atoms with van der Waals surface area (Å²) in [5.41, 5.74) is 5.37. The highest BCUT2D eigenvalue weighted by molar-refractivity contribution is 5.24. The van der Waals surface area contributed by atoms with Gasteiger partial charge in [0.25, 0.3) is 5.78 Å². The second-order valence-electron chi connectivity index (χ2n) is 2.43. The summed E-state index contributed by atoms with van der Waals surface area (Å²) in [4.78, 5) is 8.20. The van der Waals surface area contributed by atoms with Crippen molar-refractivity contribution in [2.75, 3.05) is 6.54 Å². The second-order valence-corrected chi connectivity index (χ2v) is 2.43. The van der Waals surface area contributed by atoms with Crippen LogP contribution in [0, 0.1) is 0 Å². The van der Waals surface area contributed by atoms with Gasteiger partial charge in [-0.25, -0.2) is 9.50 Å². The van der Waals surface area contributed by atoms with Gasteiger partial charge in [-0.1, -0.05) is 0 Å². The van der Waals surface area contributed by atoms with Gasteiger partial charge in [-0.05, 0) is 12.6 Å². The first-order valence-electron chi connectivity index (χ1n) is 3.76. The van der Waals surface area contributed by atoms with Gasteiger partial charge >= 0.3 is 0 Å². The zero-order valence-corrected chi connectivity index (χ0v) is 6.51. The van der Waals surface area contributed by atoms with Crippen LogP contribution in [0.25, 0.3) is 5.78 Å². The van der Waals surface area contributed by atoms with Crippen molar-refractivity contribution < 1.29 is 0 Å². The zero-order chi connectivity index (χ0) is 8.39. The van der Waals surface area contributed by atoms with Crippen LogP contribution in [0.5, 0.6) is 0 Å². The van der Waals surface area contributed by atoms with Crippen LogP contribution in [0.15, 0.2) is 18.5 Å². The Morgan fingerprint density at radius 2 is 2.42 bits per heavy atom. The average molecular weight is 163 g/mol. The third-order valence-corrected chi connectivity index (χ3v) is 1.53. The molecule has 12 heavy (non-hydrogen) atoms. The monoisotopic (exact) mass is 163 g/mol. The first-order chi connectivity index (χ1) is 5.90. The Kier molecular flexibility index (Phi) is 1.71. The molecule has 0 aliphatic heterocycles. The molecule has 0 radical (unpaired) electrons. The number of hydrogen-bond acceptors (Lipinski definition) is 4. The predicted molar refractivity (Wildman–Crippen MR) is 43.5 cm³/mol. The minimum atomic E-state index is 0.566. The molecular formula is C7H9N5. The summed E-state index contributed by atoms with van der Waals surface area (Å²) in [5, 5.41) is 4.17. The van der Waals surface area contributed by atoms with E-state index in [1.807, 2.05) is 12.3 Å². The summed E-state index contributed by atoms with van der Waals surface area (Å²) in [6.07, 6.45) is 4.20. The summed E-state index contributed by atoms with van der Waals surface area (Å²) < 4.78 is 1.64. The number of hydrogen-bond donors (Lipinski definition) is 1. The SMILES string of the molecule is NCCc1nc2ncccn2n1. The van der Waals surface area contributed by atoms with Crippen molar-refractivity contribution >= 4 is 5.78 Å². The van der Waals surface area contributed by atoms with Crippen LogP contribution in [0.1, 0.15) is 5.82 Å². The van der Waals surface area contributed by atoms with Crippen molar-refractivity contribution in [2.24, 2.45) is 5.73 Å². The Labute approximate surface area is 69.2 Å². The van der Waals surface area contributed by atoms with Crippen LogP contribution in [-0.2, 0) is 6.42 Å². The molecule has 5 heteroatoms. The molecule has 2 heterocycles. The maximum Gasteiger partial charge on any atom is 0.252 e. The Bertz CT molecular complexity index is 347. The van der Waals surface area contributed by atoms with E-state index in [1.54, 1.807) is 10.7 Å². The highest BCUT2D eigenvalue weighted by Gasteiger charge is 2.00. The lowest BCUT2D eigenvalue weighted by Crippen LogP contribution is -2.04. The van der Waals surface area contributed by atoms with E-state index in [9.17, 15) is 0 Å². The smallest absolute Gasteiger partial charge is 0.252 e. The number of nitrogens with two attached hydrogens (primary N) is 1. The fourth-order valence-corrected chi connectivity index (χ4v) is 1.01. The van der Waals surface area contributed by atoms with E-state index in [0.717, 1.165) is 5.82 Å². The van der Waals surface area contributed by atoms with E-state index in [1.165, 1.54) is 0 Å². The van der Waals surface area contributed by atoms with Crippen molar-refractivity contribution in [3.05, 3.63) is 24.3 Å². The van der Waals surface area contributed by atoms with E-state index < -0.39 is 0 Å². The summed E-state index contributed by atoms with van der Waals surface area (Å²) in [5.74, 6) is 1.37. The van der Waals surface area contributed by atoms with E-state index in [0.29, 0.717) is 18.7 Å². The van der Waals surface area contributed by atoms with E-state index in [-0.39, 0.29) is 0 Å². The van der Waals surface area contributed by atoms with Crippen LogP contribution in [-0.4, -0.2) is 26.1 Å². The van der Waals surface area contributed by atoms with Crippen LogP contribution < -0.4 is 5.73 Å². The molecule has 0 aliphatic rings. The minimum Gasteiger partial charge on any atom is -0.330 e. The fraction of sp³-hybridized carbons (Fsp3) is 0.286. The minimum absolute atomic E-state index is 0.566. The Morgan fingerprint density at radius 3 is 3.17 bits per heavy atom. The summed E-state index contributed by atoms with van der Waals surface area (Å²) in [7, 11) is 0. The summed E-state index contributed by atoms with van der Waals surface area (Å²) >= 11 is 0. The molecule has 62 valence electrons. The Hall–Kier alpha value is -1.49. The molecule has 0 saturated carbocycles. The molecule has 0 spiro atoms. The first kappa shape index (κ1) is 7.17. The quantitative estimate of drug-likeness (QED) is 0.655. The number of fused-ring (bicyclic) bond motifs is 1. The van der Waals surface area contributed by atoms with Gasteiger partial charge in [0, 0.05) is 18.8 Å². The zero-order valence-electron chi connectivity index (χ0n) is 6.51. The molecule has 0 atom stereocenters. The van der Waals surface area contributed by atoms with Gasteiger partial charge in [-0.3, -0.25) is 0 Å². The maximum absolute atomic E-state index is 5.37. The van der Waals surface area contributed by atoms with Crippen molar-refractivity contribution in [2.45, 2.75) is 6.42 Å². The number of nitrogens with zero attached hydrogens (tertiary/aromatic N) is 4. The molecule has 2 aromatic heterocycles. The fourth-order valence-electron chi connectivity index (χ4n) is 1.01. The van der Waals surface area contributed by atoms with Crippen LogP contribution in [0.4, 0.5) is 0 Å². The lowest BCUT2D eigenvalue weighted by Gasteiger charge is -1.85. The van der Waals surface area contributed by atoms with Crippen LogP contribution in [0.2, 0.25) is 0 Å². The molecule has 0 bridgehead atoms. The molecule has 0 aliphatic carbocycles. The highest BCUT2D eigenvalue weighted by atomic mass is 15.3. The van der Waals surface area contributed by atoms with Gasteiger partial charge in [0.1, 0.15) is 0 Å². The third kappa shape index (κ3) is 1.14. The largest absolute Gasteiger partial charge is 0.330 e. The number of aromatic nitrogens is 4. The van der Waals surface area contributed by atoms with Crippen LogP contribution in [0.3, 0.4) is 0 Å². The average Bonchev–Trinajstić information content (AvgIpc) is 2.47. The van der Waals surface area contributed by atoms with Gasteiger partial charge in [0.15, 0.2) is 5.82 Å². The standard InChI is InChI=1S/C7H9N5/c8-3-2-6-10-7-9-4-1-5-12(7)11-6/h1,4-5H,2-3,8H2.